The van der Waals surface area contributed by atoms with Gasteiger partial charge in [0.25, 0.3) is 0 Å². The van der Waals surface area contributed by atoms with E-state index in [1.54, 1.807) is 0 Å². The molecule has 1 aromatic carbocycles. The van der Waals surface area contributed by atoms with Crippen LogP contribution in [-0.4, -0.2) is 46.7 Å². The number of benzene rings is 1. The first kappa shape index (κ1) is 21.3. The highest BCUT2D eigenvalue weighted by Gasteiger charge is 2.25. The van der Waals surface area contributed by atoms with Crippen molar-refractivity contribution in [3.63, 3.8) is 0 Å². The Balaban J connectivity index is 2.64. The summed E-state index contributed by atoms with van der Waals surface area (Å²) in [5.41, 5.74) is 0. The number of methoxy groups -OCH3 is 1. The molecule has 142 valence electrons. The predicted molar refractivity (Wildman–Crippen MR) is 91.5 cm³/mol. The van der Waals surface area contributed by atoms with E-state index in [0.29, 0.717) is 19.6 Å². The van der Waals surface area contributed by atoms with Crippen LogP contribution in [0, 0.1) is 5.82 Å². The Morgan fingerprint density at radius 3 is 2.56 bits per heavy atom. The second-order valence-corrected chi connectivity index (χ2v) is 7.38. The van der Waals surface area contributed by atoms with E-state index in [4.69, 9.17) is 9.47 Å². The minimum atomic E-state index is -4.12. The van der Waals surface area contributed by atoms with Gasteiger partial charge in [-0.2, -0.15) is 4.72 Å². The highest BCUT2D eigenvalue weighted by molar-refractivity contribution is 7.89. The second kappa shape index (κ2) is 9.69. The smallest absolute Gasteiger partial charge is 0.245 e. The molecule has 7 nitrogen and oxygen atoms in total. The fraction of sp³-hybridized carbons (Fsp3) is 0.562. The summed E-state index contributed by atoms with van der Waals surface area (Å²) in [6.07, 6.45) is 0.726. The van der Waals surface area contributed by atoms with Crippen molar-refractivity contribution >= 4 is 15.9 Å². The average Bonchev–Trinajstić information content (AvgIpc) is 2.53. The Morgan fingerprint density at radius 1 is 1.28 bits per heavy atom. The Kier molecular flexibility index (Phi) is 8.27. The number of hydrogen-bond acceptors (Lipinski definition) is 5. The van der Waals surface area contributed by atoms with E-state index in [1.807, 2.05) is 13.8 Å². The lowest BCUT2D eigenvalue weighted by Crippen LogP contribution is -2.45. The van der Waals surface area contributed by atoms with Crippen LogP contribution >= 0.6 is 0 Å². The quantitative estimate of drug-likeness (QED) is 0.603. The average molecular weight is 376 g/mol. The largest absolute Gasteiger partial charge is 0.495 e. The molecule has 0 aromatic heterocycles. The number of rotatable bonds is 10. The van der Waals surface area contributed by atoms with E-state index < -0.39 is 27.8 Å². The molecule has 0 spiro atoms. The molecule has 1 aromatic rings. The molecule has 0 radical (unpaired) electrons. The Labute approximate surface area is 147 Å². The maximum absolute atomic E-state index is 13.4. The van der Waals surface area contributed by atoms with Crippen LogP contribution in [0.25, 0.3) is 0 Å². The molecule has 0 aliphatic carbocycles. The number of halogens is 1. The van der Waals surface area contributed by atoms with Gasteiger partial charge in [0.2, 0.25) is 15.9 Å². The van der Waals surface area contributed by atoms with E-state index >= 15 is 0 Å². The highest BCUT2D eigenvalue weighted by atomic mass is 32.2. The number of amides is 1. The standard InChI is InChI=1S/C16H25FN2O5S/c1-11(2)24-9-5-8-18-16(20)12(3)19-25(21,22)15-10-13(17)6-7-14(15)23-4/h6-7,10-12,19H,5,8-9H2,1-4H3,(H,18,20). The zero-order valence-electron chi connectivity index (χ0n) is 14.8. The number of ether oxygens (including phenoxy) is 2. The summed E-state index contributed by atoms with van der Waals surface area (Å²) in [4.78, 5) is 11.6. The molecule has 1 atom stereocenters. The van der Waals surface area contributed by atoms with Crippen LogP contribution in [0.15, 0.2) is 23.1 Å². The van der Waals surface area contributed by atoms with Crippen LogP contribution < -0.4 is 14.8 Å². The van der Waals surface area contributed by atoms with Crippen molar-refractivity contribution in [2.24, 2.45) is 0 Å². The first-order valence-electron chi connectivity index (χ1n) is 7.92. The van der Waals surface area contributed by atoms with Crippen LogP contribution in [0.3, 0.4) is 0 Å². The zero-order valence-corrected chi connectivity index (χ0v) is 15.7. The molecule has 0 saturated carbocycles. The molecule has 2 N–H and O–H groups in total. The monoisotopic (exact) mass is 376 g/mol. The minimum absolute atomic E-state index is 0.00709. The van der Waals surface area contributed by atoms with E-state index in [2.05, 4.69) is 10.0 Å². The zero-order chi connectivity index (χ0) is 19.0. The third-order valence-corrected chi connectivity index (χ3v) is 4.77. The number of carbonyl (C=O) groups excluding carboxylic acids is 1. The molecule has 0 bridgehead atoms. The van der Waals surface area contributed by atoms with E-state index in [1.165, 1.54) is 20.1 Å². The summed E-state index contributed by atoms with van der Waals surface area (Å²) < 4.78 is 50.6. The molecule has 1 unspecified atom stereocenters. The lowest BCUT2D eigenvalue weighted by Gasteiger charge is -2.16. The van der Waals surface area contributed by atoms with E-state index in [0.717, 1.165) is 12.1 Å². The van der Waals surface area contributed by atoms with Gasteiger partial charge in [0.1, 0.15) is 16.5 Å². The van der Waals surface area contributed by atoms with Crippen molar-refractivity contribution < 1.29 is 27.1 Å². The molecule has 0 aliphatic rings. The summed E-state index contributed by atoms with van der Waals surface area (Å²) >= 11 is 0. The van der Waals surface area contributed by atoms with Crippen molar-refractivity contribution in [3.8, 4) is 5.75 Å². The molecular weight excluding hydrogens is 351 g/mol. The summed E-state index contributed by atoms with van der Waals surface area (Å²) in [6.45, 7) is 6.09. The fourth-order valence-electron chi connectivity index (χ4n) is 1.97. The van der Waals surface area contributed by atoms with Crippen molar-refractivity contribution in [3.05, 3.63) is 24.0 Å². The van der Waals surface area contributed by atoms with Gasteiger partial charge in [-0.1, -0.05) is 0 Å². The molecule has 0 fully saturated rings. The normalized spacial score (nSPS) is 12.9. The van der Waals surface area contributed by atoms with Crippen LogP contribution in [-0.2, 0) is 19.6 Å². The molecule has 9 heteroatoms. The van der Waals surface area contributed by atoms with Crippen LogP contribution in [0.2, 0.25) is 0 Å². The Hall–Kier alpha value is -1.71. The van der Waals surface area contributed by atoms with Gasteiger partial charge in [-0.15, -0.1) is 0 Å². The van der Waals surface area contributed by atoms with Crippen molar-refractivity contribution in [2.45, 2.75) is 44.2 Å². The third kappa shape index (κ3) is 6.97. The van der Waals surface area contributed by atoms with Crippen molar-refractivity contribution in [1.82, 2.24) is 10.0 Å². The number of carbonyl (C=O) groups is 1. The van der Waals surface area contributed by atoms with Crippen LogP contribution in [0.5, 0.6) is 5.75 Å². The van der Waals surface area contributed by atoms with Crippen LogP contribution in [0.4, 0.5) is 4.39 Å². The van der Waals surface area contributed by atoms with Crippen molar-refractivity contribution in [1.29, 1.82) is 0 Å². The number of nitrogens with one attached hydrogen (secondary N) is 2. The van der Waals surface area contributed by atoms with Gasteiger partial charge in [-0.25, -0.2) is 12.8 Å². The Morgan fingerprint density at radius 2 is 1.96 bits per heavy atom. The van der Waals surface area contributed by atoms with Gasteiger partial charge in [0.15, 0.2) is 0 Å². The first-order chi connectivity index (χ1) is 11.7. The van der Waals surface area contributed by atoms with Gasteiger partial charge in [0, 0.05) is 13.2 Å². The Bertz CT molecular complexity index is 679. The maximum Gasteiger partial charge on any atom is 0.245 e. The SMILES string of the molecule is COc1ccc(F)cc1S(=O)(=O)NC(C)C(=O)NCCCOC(C)C. The minimum Gasteiger partial charge on any atom is -0.495 e. The van der Waals surface area contributed by atoms with Gasteiger partial charge >= 0.3 is 0 Å². The molecule has 0 aliphatic heterocycles. The first-order valence-corrected chi connectivity index (χ1v) is 9.41. The third-order valence-electron chi connectivity index (χ3n) is 3.21. The molecule has 0 heterocycles. The summed E-state index contributed by atoms with van der Waals surface area (Å²) in [7, 11) is -2.84. The summed E-state index contributed by atoms with van der Waals surface area (Å²) in [6, 6.07) is 2.12. The lowest BCUT2D eigenvalue weighted by atomic mass is 10.3. The number of sulfonamides is 1. The maximum atomic E-state index is 13.4. The fourth-order valence-corrected chi connectivity index (χ4v) is 3.35. The van der Waals surface area contributed by atoms with Gasteiger partial charge in [-0.05, 0) is 45.4 Å². The highest BCUT2D eigenvalue weighted by Crippen LogP contribution is 2.24. The van der Waals surface area contributed by atoms with E-state index in [9.17, 15) is 17.6 Å². The summed E-state index contributed by atoms with van der Waals surface area (Å²) in [5.74, 6) is -1.21. The molecule has 25 heavy (non-hydrogen) atoms. The predicted octanol–water partition coefficient (Wildman–Crippen LogP) is 1.43. The molecule has 0 saturated heterocycles. The molecular formula is C16H25FN2O5S. The molecule has 1 amide bonds. The second-order valence-electron chi connectivity index (χ2n) is 5.70. The van der Waals surface area contributed by atoms with Crippen LogP contribution in [0.1, 0.15) is 27.2 Å². The van der Waals surface area contributed by atoms with E-state index in [-0.39, 0.29) is 16.7 Å². The topological polar surface area (TPSA) is 93.7 Å². The van der Waals surface area contributed by atoms with Crippen molar-refractivity contribution in [2.75, 3.05) is 20.3 Å². The van der Waals surface area contributed by atoms with Gasteiger partial charge < -0.3 is 14.8 Å². The lowest BCUT2D eigenvalue weighted by molar-refractivity contribution is -0.122. The van der Waals surface area contributed by atoms with Gasteiger partial charge in [-0.3, -0.25) is 4.79 Å². The summed E-state index contributed by atoms with van der Waals surface area (Å²) in [5, 5.41) is 2.62. The number of hydrogen-bond donors (Lipinski definition) is 2. The molecule has 1 rings (SSSR count). The van der Waals surface area contributed by atoms with Gasteiger partial charge in [0.05, 0.1) is 19.3 Å².